The van der Waals surface area contributed by atoms with Gasteiger partial charge in [0.1, 0.15) is 0 Å². The minimum Gasteiger partial charge on any atom is -0.393 e. The third-order valence-electron chi connectivity index (χ3n) is 9.50. The summed E-state index contributed by atoms with van der Waals surface area (Å²) in [7, 11) is 0. The number of hydrogen-bond donors (Lipinski definition) is 2. The molecule has 6 atom stereocenters. The molecule has 0 aliphatic heterocycles. The Morgan fingerprint density at radius 1 is 1.18 bits per heavy atom. The van der Waals surface area contributed by atoms with E-state index < -0.39 is 0 Å². The van der Waals surface area contributed by atoms with Crippen molar-refractivity contribution in [2.24, 2.45) is 33.7 Å². The Kier molecular flexibility index (Phi) is 6.06. The van der Waals surface area contributed by atoms with Crippen LogP contribution in [0.25, 0.3) is 0 Å². The molecule has 33 heavy (non-hydrogen) atoms. The minimum atomic E-state index is -0.192. The molecule has 6 nitrogen and oxygen atoms in total. The van der Waals surface area contributed by atoms with Crippen molar-refractivity contribution >= 4 is 11.6 Å². The third kappa shape index (κ3) is 4.11. The van der Waals surface area contributed by atoms with Gasteiger partial charge in [0.2, 0.25) is 0 Å². The average molecular weight is 452 g/mol. The van der Waals surface area contributed by atoms with E-state index in [2.05, 4.69) is 35.4 Å². The van der Waals surface area contributed by atoms with Crippen molar-refractivity contribution in [1.82, 2.24) is 10.3 Å². The molecule has 0 spiro atoms. The van der Waals surface area contributed by atoms with Gasteiger partial charge in [-0.05, 0) is 98.2 Å². The van der Waals surface area contributed by atoms with E-state index in [1.54, 1.807) is 6.20 Å². The van der Waals surface area contributed by atoms with Gasteiger partial charge in [0.25, 0.3) is 5.91 Å². The Hall–Kier alpha value is -2.21. The maximum Gasteiger partial charge on any atom is 0.261 e. The number of amides is 1. The molecule has 3 fully saturated rings. The van der Waals surface area contributed by atoms with Crippen molar-refractivity contribution in [2.45, 2.75) is 77.9 Å². The molecular formula is C27H37N3O3. The zero-order chi connectivity index (χ0) is 23.1. The van der Waals surface area contributed by atoms with Gasteiger partial charge in [-0.15, -0.1) is 0 Å². The predicted octanol–water partition coefficient (Wildman–Crippen LogP) is 4.39. The molecule has 178 valence electrons. The summed E-state index contributed by atoms with van der Waals surface area (Å²) in [6.07, 6.45) is 12.7. The average Bonchev–Trinajstić information content (AvgIpc) is 3.13. The second kappa shape index (κ2) is 8.86. The number of fused-ring (bicyclic) bond motifs is 5. The van der Waals surface area contributed by atoms with Crippen LogP contribution in [0, 0.1) is 28.6 Å². The predicted molar refractivity (Wildman–Crippen MR) is 127 cm³/mol. The van der Waals surface area contributed by atoms with Crippen molar-refractivity contribution in [1.29, 1.82) is 0 Å². The summed E-state index contributed by atoms with van der Waals surface area (Å²) in [5.41, 5.74) is 3.65. The molecule has 1 heterocycles. The van der Waals surface area contributed by atoms with Crippen molar-refractivity contribution in [3.05, 3.63) is 41.7 Å². The smallest absolute Gasteiger partial charge is 0.261 e. The van der Waals surface area contributed by atoms with Crippen molar-refractivity contribution in [2.75, 3.05) is 6.61 Å². The molecular weight excluding hydrogens is 414 g/mol. The van der Waals surface area contributed by atoms with Crippen LogP contribution in [0.15, 0.2) is 41.2 Å². The molecule has 1 amide bonds. The lowest BCUT2D eigenvalue weighted by Crippen LogP contribution is -2.51. The Balaban J connectivity index is 1.19. The highest BCUT2D eigenvalue weighted by Crippen LogP contribution is 2.65. The molecule has 5 rings (SSSR count). The molecule has 2 N–H and O–H groups in total. The number of aliphatic hydroxyl groups is 1. The number of carbonyl (C=O) groups is 1. The minimum absolute atomic E-state index is 0.0793. The fourth-order valence-electron chi connectivity index (χ4n) is 7.53. The molecule has 3 saturated carbocycles. The lowest BCUT2D eigenvalue weighted by Gasteiger charge is -2.57. The van der Waals surface area contributed by atoms with Crippen molar-refractivity contribution in [3.63, 3.8) is 0 Å². The molecule has 4 aliphatic rings. The largest absolute Gasteiger partial charge is 0.393 e. The Morgan fingerprint density at radius 3 is 2.88 bits per heavy atom. The van der Waals surface area contributed by atoms with Crippen LogP contribution in [0.3, 0.4) is 0 Å². The first-order chi connectivity index (χ1) is 15.9. The van der Waals surface area contributed by atoms with Gasteiger partial charge in [-0.2, -0.15) is 0 Å². The maximum absolute atomic E-state index is 12.1. The van der Waals surface area contributed by atoms with Crippen LogP contribution in [-0.4, -0.2) is 34.4 Å². The van der Waals surface area contributed by atoms with E-state index in [4.69, 9.17) is 4.84 Å². The third-order valence-corrected chi connectivity index (χ3v) is 9.50. The number of aliphatic hydroxyl groups excluding tert-OH is 1. The number of nitrogens with zero attached hydrogens (tertiary/aromatic N) is 2. The van der Waals surface area contributed by atoms with Crippen molar-refractivity contribution in [3.8, 4) is 0 Å². The van der Waals surface area contributed by atoms with E-state index in [0.717, 1.165) is 49.4 Å². The van der Waals surface area contributed by atoms with Crippen LogP contribution in [0.2, 0.25) is 0 Å². The van der Waals surface area contributed by atoms with E-state index in [9.17, 15) is 9.90 Å². The van der Waals surface area contributed by atoms with Gasteiger partial charge >= 0.3 is 0 Å². The zero-order valence-corrected chi connectivity index (χ0v) is 19.9. The summed E-state index contributed by atoms with van der Waals surface area (Å²) in [5, 5.41) is 17.8. The first-order valence-electron chi connectivity index (χ1n) is 12.6. The summed E-state index contributed by atoms with van der Waals surface area (Å²) in [5.74, 6) is 1.93. The van der Waals surface area contributed by atoms with Gasteiger partial charge in [0.15, 0.2) is 6.61 Å². The summed E-state index contributed by atoms with van der Waals surface area (Å²) in [6, 6.07) is 5.63. The second-order valence-electron chi connectivity index (χ2n) is 11.1. The fourth-order valence-corrected chi connectivity index (χ4v) is 7.53. The van der Waals surface area contributed by atoms with Crippen LogP contribution in [-0.2, 0) is 16.2 Å². The normalized spacial score (nSPS) is 38.6. The summed E-state index contributed by atoms with van der Waals surface area (Å²) >= 11 is 0. The lowest BCUT2D eigenvalue weighted by atomic mass is 9.47. The SMILES string of the molecule is C[C@]12CC[C@H]3[C@@H](CCC4=C/C(=N\OCC(=O)NCc5ccccn5)CC[C@@]43C)[C@@H]1CC[C@@H]2O. The summed E-state index contributed by atoms with van der Waals surface area (Å²) in [6.45, 7) is 5.12. The zero-order valence-electron chi connectivity index (χ0n) is 19.9. The van der Waals surface area contributed by atoms with Crippen LogP contribution in [0.5, 0.6) is 0 Å². The van der Waals surface area contributed by atoms with E-state index >= 15 is 0 Å². The van der Waals surface area contributed by atoms with Gasteiger partial charge < -0.3 is 15.3 Å². The molecule has 0 aromatic carbocycles. The molecule has 1 aromatic rings. The molecule has 0 saturated heterocycles. The Bertz CT molecular complexity index is 945. The standard InChI is InChI=1S/C27H37N3O3/c1-26-12-10-19(30-33-17-25(32)29-16-20-5-3-4-14-28-20)15-18(26)6-7-21-22-8-9-24(31)27(22,2)13-11-23(21)26/h3-5,14-15,21-24,31H,6-13,16-17H2,1-2H3,(H,29,32)/b30-19-/t21-,22-,23-,24-,26-,27-/m0/s1. The Labute approximate surface area is 196 Å². The Morgan fingerprint density at radius 2 is 2.06 bits per heavy atom. The molecule has 0 bridgehead atoms. The number of carbonyl (C=O) groups excluding carboxylic acids is 1. The number of oxime groups is 1. The van der Waals surface area contributed by atoms with Crippen LogP contribution >= 0.6 is 0 Å². The van der Waals surface area contributed by atoms with Crippen LogP contribution in [0.4, 0.5) is 0 Å². The molecule has 4 aliphatic carbocycles. The summed E-state index contributed by atoms with van der Waals surface area (Å²) < 4.78 is 0. The number of aromatic nitrogens is 1. The van der Waals surface area contributed by atoms with Gasteiger partial charge in [0.05, 0.1) is 24.1 Å². The van der Waals surface area contributed by atoms with E-state index in [1.165, 1.54) is 24.8 Å². The highest BCUT2D eigenvalue weighted by atomic mass is 16.6. The van der Waals surface area contributed by atoms with E-state index in [1.807, 2.05) is 18.2 Å². The molecule has 0 unspecified atom stereocenters. The molecule has 6 heteroatoms. The topological polar surface area (TPSA) is 83.8 Å². The molecule has 1 aromatic heterocycles. The van der Waals surface area contributed by atoms with Gasteiger partial charge in [-0.3, -0.25) is 9.78 Å². The lowest BCUT2D eigenvalue weighted by molar-refractivity contribution is -0.125. The number of rotatable bonds is 5. The monoisotopic (exact) mass is 451 g/mol. The number of hydrogen-bond acceptors (Lipinski definition) is 5. The second-order valence-corrected chi connectivity index (χ2v) is 11.1. The van der Waals surface area contributed by atoms with Gasteiger partial charge in [-0.25, -0.2) is 0 Å². The van der Waals surface area contributed by atoms with E-state index in [-0.39, 0.29) is 29.4 Å². The number of allylic oxidation sites excluding steroid dienone is 2. The van der Waals surface area contributed by atoms with Crippen LogP contribution < -0.4 is 5.32 Å². The first-order valence-corrected chi connectivity index (χ1v) is 12.6. The summed E-state index contributed by atoms with van der Waals surface area (Å²) in [4.78, 5) is 21.7. The maximum atomic E-state index is 12.1. The van der Waals surface area contributed by atoms with E-state index in [0.29, 0.717) is 18.4 Å². The fraction of sp³-hybridized carbons (Fsp3) is 0.667. The number of nitrogens with one attached hydrogen (secondary N) is 1. The van der Waals surface area contributed by atoms with Gasteiger partial charge in [0, 0.05) is 6.20 Å². The first kappa shape index (κ1) is 22.6. The van der Waals surface area contributed by atoms with Crippen molar-refractivity contribution < 1.29 is 14.7 Å². The van der Waals surface area contributed by atoms with Gasteiger partial charge in [-0.1, -0.05) is 30.6 Å². The quantitative estimate of drug-likeness (QED) is 0.650. The number of pyridine rings is 1. The highest BCUT2D eigenvalue weighted by molar-refractivity contribution is 5.96. The highest BCUT2D eigenvalue weighted by Gasteiger charge is 2.58. The van der Waals surface area contributed by atoms with Crippen LogP contribution in [0.1, 0.15) is 70.9 Å². The molecule has 0 radical (unpaired) electrons.